The van der Waals surface area contributed by atoms with E-state index in [9.17, 15) is 9.90 Å². The van der Waals surface area contributed by atoms with Crippen LogP contribution in [0.2, 0.25) is 0 Å². The van der Waals surface area contributed by atoms with Crippen molar-refractivity contribution in [1.82, 2.24) is 14.5 Å². The average molecular weight is 383 g/mol. The third kappa shape index (κ3) is 4.46. The summed E-state index contributed by atoms with van der Waals surface area (Å²) in [5.41, 5.74) is 3.49. The van der Waals surface area contributed by atoms with Crippen molar-refractivity contribution in [2.75, 3.05) is 13.2 Å². The monoisotopic (exact) mass is 383 g/mol. The van der Waals surface area contributed by atoms with Gasteiger partial charge in [0, 0.05) is 20.6 Å². The first-order valence-corrected chi connectivity index (χ1v) is 9.77. The van der Waals surface area contributed by atoms with Gasteiger partial charge < -0.3 is 15.2 Å². The maximum Gasteiger partial charge on any atom is 0.328 e. The summed E-state index contributed by atoms with van der Waals surface area (Å²) in [6.45, 7) is 4.21. The zero-order valence-electron chi connectivity index (χ0n) is 16.8. The molecule has 0 fully saturated rings. The van der Waals surface area contributed by atoms with Crippen molar-refractivity contribution in [3.05, 3.63) is 64.1 Å². The molecule has 28 heavy (non-hydrogen) atoms. The maximum absolute atomic E-state index is 12.0. The molecule has 0 aliphatic carbocycles. The van der Waals surface area contributed by atoms with E-state index < -0.39 is 6.10 Å². The lowest BCUT2D eigenvalue weighted by atomic mass is 10.1. The Hall–Kier alpha value is -2.57. The van der Waals surface area contributed by atoms with Crippen molar-refractivity contribution in [2.45, 2.75) is 32.4 Å². The van der Waals surface area contributed by atoms with Crippen LogP contribution in [0, 0.1) is 0 Å². The van der Waals surface area contributed by atoms with Crippen LogP contribution in [0.5, 0.6) is 5.75 Å². The summed E-state index contributed by atoms with van der Waals surface area (Å²) in [7, 11) is 3.48. The lowest BCUT2D eigenvalue weighted by Crippen LogP contribution is -2.19. The van der Waals surface area contributed by atoms with E-state index in [0.29, 0.717) is 0 Å². The Labute approximate surface area is 165 Å². The number of aryl methyl sites for hydroxylation is 2. The van der Waals surface area contributed by atoms with Crippen LogP contribution in [-0.4, -0.2) is 27.4 Å². The molecule has 1 heterocycles. The molecule has 0 saturated heterocycles. The number of hydrogen-bond donors (Lipinski definition) is 2. The number of unbranched alkanes of at least 4 members (excludes halogenated alkanes) is 1. The molecular formula is C22H29N3O3. The minimum Gasteiger partial charge on any atom is -0.491 e. The fourth-order valence-electron chi connectivity index (χ4n) is 3.24. The van der Waals surface area contributed by atoms with Crippen LogP contribution >= 0.6 is 0 Å². The standard InChI is InChI=1S/C22H29N3O3/c1-4-5-12-23-14-16-6-9-18(10-7-16)28-15-21(26)17-8-11-19-20(13-17)25(3)22(27)24(19)2/h6-11,13,21,23,26H,4-5,12,14-15H2,1-3H3/t21-/m1/s1. The van der Waals surface area contributed by atoms with E-state index in [-0.39, 0.29) is 12.3 Å². The van der Waals surface area contributed by atoms with Crippen molar-refractivity contribution < 1.29 is 9.84 Å². The molecule has 2 N–H and O–H groups in total. The molecule has 6 nitrogen and oxygen atoms in total. The van der Waals surface area contributed by atoms with Crippen LogP contribution in [0.1, 0.15) is 37.0 Å². The van der Waals surface area contributed by atoms with Gasteiger partial charge in [-0.2, -0.15) is 0 Å². The largest absolute Gasteiger partial charge is 0.491 e. The Kier molecular flexibility index (Phi) is 6.54. The van der Waals surface area contributed by atoms with Crippen molar-refractivity contribution >= 4 is 11.0 Å². The van der Waals surface area contributed by atoms with Gasteiger partial charge in [0.2, 0.25) is 0 Å². The molecule has 0 aliphatic rings. The van der Waals surface area contributed by atoms with Gasteiger partial charge in [0.1, 0.15) is 18.5 Å². The Bertz CT molecular complexity index is 973. The normalized spacial score (nSPS) is 12.4. The molecule has 1 aromatic heterocycles. The number of fused-ring (bicyclic) bond motifs is 1. The predicted octanol–water partition coefficient (Wildman–Crippen LogP) is 2.88. The second-order valence-corrected chi connectivity index (χ2v) is 7.15. The van der Waals surface area contributed by atoms with Gasteiger partial charge in [0.05, 0.1) is 11.0 Å². The number of nitrogens with one attached hydrogen (secondary N) is 1. The summed E-state index contributed by atoms with van der Waals surface area (Å²) in [5, 5.41) is 13.9. The van der Waals surface area contributed by atoms with E-state index in [2.05, 4.69) is 12.2 Å². The first kappa shape index (κ1) is 20.2. The highest BCUT2D eigenvalue weighted by molar-refractivity contribution is 5.76. The van der Waals surface area contributed by atoms with Crippen molar-refractivity contribution in [3.8, 4) is 5.75 Å². The molecule has 0 aliphatic heterocycles. The third-order valence-corrected chi connectivity index (χ3v) is 5.05. The number of imidazole rings is 1. The van der Waals surface area contributed by atoms with Gasteiger partial charge in [-0.15, -0.1) is 0 Å². The predicted molar refractivity (Wildman–Crippen MR) is 112 cm³/mol. The fourth-order valence-corrected chi connectivity index (χ4v) is 3.24. The first-order chi connectivity index (χ1) is 13.5. The molecule has 0 saturated carbocycles. The van der Waals surface area contributed by atoms with Crippen LogP contribution in [0.4, 0.5) is 0 Å². The van der Waals surface area contributed by atoms with Gasteiger partial charge in [-0.1, -0.05) is 31.5 Å². The molecule has 1 atom stereocenters. The fraction of sp³-hybridized carbons (Fsp3) is 0.409. The molecule has 3 rings (SSSR count). The van der Waals surface area contributed by atoms with Gasteiger partial charge in [-0.3, -0.25) is 9.13 Å². The number of nitrogens with zero attached hydrogens (tertiary/aromatic N) is 2. The minimum atomic E-state index is -0.768. The van der Waals surface area contributed by atoms with E-state index in [1.807, 2.05) is 42.5 Å². The topological polar surface area (TPSA) is 68.4 Å². The number of ether oxygens (including phenoxy) is 1. The Morgan fingerprint density at radius 1 is 1.07 bits per heavy atom. The second-order valence-electron chi connectivity index (χ2n) is 7.15. The highest BCUT2D eigenvalue weighted by atomic mass is 16.5. The lowest BCUT2D eigenvalue weighted by molar-refractivity contribution is 0.108. The van der Waals surface area contributed by atoms with Crippen LogP contribution < -0.4 is 15.7 Å². The summed E-state index contributed by atoms with van der Waals surface area (Å²) in [6.07, 6.45) is 1.60. The van der Waals surface area contributed by atoms with Crippen molar-refractivity contribution in [1.29, 1.82) is 0 Å². The van der Waals surface area contributed by atoms with Crippen LogP contribution in [-0.2, 0) is 20.6 Å². The molecule has 2 aromatic carbocycles. The lowest BCUT2D eigenvalue weighted by Gasteiger charge is -2.13. The van der Waals surface area contributed by atoms with Crippen LogP contribution in [0.15, 0.2) is 47.3 Å². The highest BCUT2D eigenvalue weighted by Gasteiger charge is 2.13. The molecule has 150 valence electrons. The summed E-state index contributed by atoms with van der Waals surface area (Å²) in [6, 6.07) is 13.5. The molecular weight excluding hydrogens is 354 g/mol. The number of aliphatic hydroxyl groups is 1. The molecule has 6 heteroatoms. The van der Waals surface area contributed by atoms with E-state index in [1.54, 1.807) is 23.2 Å². The smallest absolute Gasteiger partial charge is 0.328 e. The minimum absolute atomic E-state index is 0.0813. The summed E-state index contributed by atoms with van der Waals surface area (Å²) in [4.78, 5) is 12.0. The average Bonchev–Trinajstić information content (AvgIpc) is 2.94. The van der Waals surface area contributed by atoms with Gasteiger partial charge >= 0.3 is 5.69 Å². The summed E-state index contributed by atoms with van der Waals surface area (Å²) < 4.78 is 8.93. The van der Waals surface area contributed by atoms with E-state index in [4.69, 9.17) is 4.74 Å². The van der Waals surface area contributed by atoms with Gasteiger partial charge in [0.15, 0.2) is 0 Å². The Morgan fingerprint density at radius 3 is 2.50 bits per heavy atom. The number of aliphatic hydroxyl groups excluding tert-OH is 1. The van der Waals surface area contributed by atoms with Gasteiger partial charge in [-0.25, -0.2) is 4.79 Å². The first-order valence-electron chi connectivity index (χ1n) is 9.77. The van der Waals surface area contributed by atoms with Crippen molar-refractivity contribution in [3.63, 3.8) is 0 Å². The molecule has 0 radical (unpaired) electrons. The SMILES string of the molecule is CCCCNCc1ccc(OC[C@@H](O)c2ccc3c(c2)n(C)c(=O)n3C)cc1. The maximum atomic E-state index is 12.0. The van der Waals surface area contributed by atoms with Crippen LogP contribution in [0.25, 0.3) is 11.0 Å². The highest BCUT2D eigenvalue weighted by Crippen LogP contribution is 2.21. The van der Waals surface area contributed by atoms with E-state index in [0.717, 1.165) is 35.4 Å². The van der Waals surface area contributed by atoms with Crippen molar-refractivity contribution in [2.24, 2.45) is 14.1 Å². The number of hydrogen-bond acceptors (Lipinski definition) is 4. The molecule has 0 bridgehead atoms. The quantitative estimate of drug-likeness (QED) is 0.558. The summed E-state index contributed by atoms with van der Waals surface area (Å²) >= 11 is 0. The second kappa shape index (κ2) is 9.08. The number of rotatable bonds is 9. The molecule has 0 spiro atoms. The van der Waals surface area contributed by atoms with Crippen LogP contribution in [0.3, 0.4) is 0 Å². The zero-order chi connectivity index (χ0) is 20.1. The Morgan fingerprint density at radius 2 is 1.79 bits per heavy atom. The molecule has 0 unspecified atom stereocenters. The van der Waals surface area contributed by atoms with E-state index in [1.165, 1.54) is 18.4 Å². The number of aromatic nitrogens is 2. The third-order valence-electron chi connectivity index (χ3n) is 5.05. The van der Waals surface area contributed by atoms with Gasteiger partial charge in [-0.05, 0) is 48.4 Å². The van der Waals surface area contributed by atoms with E-state index >= 15 is 0 Å². The Balaban J connectivity index is 1.59. The zero-order valence-corrected chi connectivity index (χ0v) is 16.8. The number of benzene rings is 2. The molecule has 3 aromatic rings. The molecule has 0 amide bonds. The summed E-state index contributed by atoms with van der Waals surface area (Å²) in [5.74, 6) is 0.726. The van der Waals surface area contributed by atoms with Gasteiger partial charge in [0.25, 0.3) is 0 Å².